The van der Waals surface area contributed by atoms with Crippen LogP contribution in [0.2, 0.25) is 0 Å². The van der Waals surface area contributed by atoms with E-state index in [9.17, 15) is 9.18 Å². The highest BCUT2D eigenvalue weighted by Crippen LogP contribution is 2.24. The Morgan fingerprint density at radius 3 is 2.24 bits per heavy atom. The van der Waals surface area contributed by atoms with Gasteiger partial charge in [0.1, 0.15) is 11.5 Å². The van der Waals surface area contributed by atoms with E-state index in [1.807, 2.05) is 79.0 Å². The summed E-state index contributed by atoms with van der Waals surface area (Å²) in [6.45, 7) is 2.57. The summed E-state index contributed by atoms with van der Waals surface area (Å²) in [5, 5.41) is 7.98. The van der Waals surface area contributed by atoms with Crippen molar-refractivity contribution in [3.8, 4) is 16.9 Å². The lowest BCUT2D eigenvalue weighted by Gasteiger charge is -2.32. The molecule has 4 aromatic rings. The molecule has 34 heavy (non-hydrogen) atoms. The van der Waals surface area contributed by atoms with Gasteiger partial charge in [-0.05, 0) is 42.7 Å². The predicted octanol–water partition coefficient (Wildman–Crippen LogP) is 5.07. The molecule has 1 aliphatic rings. The number of aromatic nitrogens is 2. The molecule has 1 aromatic heterocycles. The van der Waals surface area contributed by atoms with Crippen LogP contribution in [-0.4, -0.2) is 39.7 Å². The third-order valence-electron chi connectivity index (χ3n) is 6.27. The molecule has 172 valence electrons. The van der Waals surface area contributed by atoms with Gasteiger partial charge in [-0.2, -0.15) is 5.10 Å². The minimum absolute atomic E-state index is 0.0991. The van der Waals surface area contributed by atoms with Crippen LogP contribution in [-0.2, 0) is 6.54 Å². The van der Waals surface area contributed by atoms with E-state index in [0.717, 1.165) is 49.3 Å². The van der Waals surface area contributed by atoms with Gasteiger partial charge >= 0.3 is 0 Å². The van der Waals surface area contributed by atoms with Gasteiger partial charge in [0.05, 0.1) is 11.3 Å². The van der Waals surface area contributed by atoms with Crippen molar-refractivity contribution in [1.29, 1.82) is 0 Å². The Morgan fingerprint density at radius 2 is 1.56 bits per heavy atom. The van der Waals surface area contributed by atoms with Crippen LogP contribution < -0.4 is 5.32 Å². The normalized spacial score (nSPS) is 14.7. The number of nitrogens with one attached hydrogen (secondary N) is 1. The fraction of sp³-hybridized carbons (Fsp3) is 0.214. The van der Waals surface area contributed by atoms with Crippen molar-refractivity contribution in [2.24, 2.45) is 0 Å². The van der Waals surface area contributed by atoms with Crippen LogP contribution in [0.1, 0.15) is 28.8 Å². The number of piperidine rings is 1. The first-order chi connectivity index (χ1) is 16.7. The van der Waals surface area contributed by atoms with Gasteiger partial charge in [0, 0.05) is 37.4 Å². The molecule has 6 heteroatoms. The second kappa shape index (κ2) is 10.0. The molecule has 3 aromatic carbocycles. The standard InChI is InChI=1S/C28H27FN4O/c29-23-13-11-21(12-14-23)19-32-17-15-24(16-18-32)30-28(34)26-20-33(25-9-5-2-6-10-25)31-27(26)22-7-3-1-4-8-22/h1-14,20,24H,15-19H2,(H,30,34). The number of amides is 1. The molecule has 5 nitrogen and oxygen atoms in total. The van der Waals surface area contributed by atoms with E-state index in [1.54, 1.807) is 4.68 Å². The third kappa shape index (κ3) is 5.07. The molecule has 1 amide bonds. The van der Waals surface area contributed by atoms with Gasteiger partial charge in [-0.15, -0.1) is 0 Å². The molecular weight excluding hydrogens is 427 g/mol. The van der Waals surface area contributed by atoms with Crippen LogP contribution in [0, 0.1) is 5.82 Å². The first kappa shape index (κ1) is 22.0. The van der Waals surface area contributed by atoms with E-state index in [2.05, 4.69) is 10.2 Å². The maximum Gasteiger partial charge on any atom is 0.255 e. The monoisotopic (exact) mass is 454 g/mol. The molecule has 0 unspecified atom stereocenters. The minimum atomic E-state index is -0.212. The van der Waals surface area contributed by atoms with Gasteiger partial charge in [0.15, 0.2) is 0 Å². The molecule has 0 bridgehead atoms. The quantitative estimate of drug-likeness (QED) is 0.442. The Labute approximate surface area is 198 Å². The van der Waals surface area contributed by atoms with Crippen molar-refractivity contribution in [2.75, 3.05) is 13.1 Å². The molecule has 0 atom stereocenters. The second-order valence-corrected chi connectivity index (χ2v) is 8.69. The minimum Gasteiger partial charge on any atom is -0.349 e. The average Bonchev–Trinajstić information content (AvgIpc) is 3.34. The molecule has 2 heterocycles. The van der Waals surface area contributed by atoms with Crippen molar-refractivity contribution >= 4 is 5.91 Å². The SMILES string of the molecule is O=C(NC1CCN(Cc2ccc(F)cc2)CC1)c1cn(-c2ccccc2)nc1-c1ccccc1. The van der Waals surface area contributed by atoms with Crippen LogP contribution in [0.5, 0.6) is 0 Å². The van der Waals surface area contributed by atoms with Gasteiger partial charge in [-0.3, -0.25) is 9.69 Å². The zero-order chi connectivity index (χ0) is 23.3. The largest absolute Gasteiger partial charge is 0.349 e. The Bertz CT molecular complexity index is 1230. The molecule has 0 saturated carbocycles. The highest BCUT2D eigenvalue weighted by atomic mass is 19.1. The Balaban J connectivity index is 1.28. The molecule has 1 N–H and O–H groups in total. The van der Waals surface area contributed by atoms with E-state index >= 15 is 0 Å². The highest BCUT2D eigenvalue weighted by molar-refractivity contribution is 6.00. The lowest BCUT2D eigenvalue weighted by molar-refractivity contribution is 0.0909. The Morgan fingerprint density at radius 1 is 0.912 bits per heavy atom. The summed E-state index contributed by atoms with van der Waals surface area (Å²) in [6, 6.07) is 26.4. The number of benzene rings is 3. The van der Waals surface area contributed by atoms with Crippen molar-refractivity contribution in [3.63, 3.8) is 0 Å². The van der Waals surface area contributed by atoms with Crippen LogP contribution in [0.25, 0.3) is 16.9 Å². The number of hydrogen-bond acceptors (Lipinski definition) is 3. The number of nitrogens with zero attached hydrogens (tertiary/aromatic N) is 3. The summed E-state index contributed by atoms with van der Waals surface area (Å²) >= 11 is 0. The summed E-state index contributed by atoms with van der Waals surface area (Å²) in [5.74, 6) is -0.311. The summed E-state index contributed by atoms with van der Waals surface area (Å²) in [7, 11) is 0. The molecular formula is C28H27FN4O. The number of carbonyl (C=O) groups excluding carboxylic acids is 1. The fourth-order valence-electron chi connectivity index (χ4n) is 4.41. The fourth-order valence-corrected chi connectivity index (χ4v) is 4.41. The van der Waals surface area contributed by atoms with Crippen molar-refractivity contribution in [3.05, 3.63) is 108 Å². The summed E-state index contributed by atoms with van der Waals surface area (Å²) in [5.41, 5.74) is 4.17. The zero-order valence-corrected chi connectivity index (χ0v) is 18.9. The Kier molecular flexibility index (Phi) is 6.49. The number of likely N-dealkylation sites (tertiary alicyclic amines) is 1. The summed E-state index contributed by atoms with van der Waals surface area (Å²) < 4.78 is 14.9. The number of halogens is 1. The van der Waals surface area contributed by atoms with Gasteiger partial charge in [-0.1, -0.05) is 60.7 Å². The van der Waals surface area contributed by atoms with E-state index in [1.165, 1.54) is 12.1 Å². The van der Waals surface area contributed by atoms with E-state index < -0.39 is 0 Å². The molecule has 0 spiro atoms. The number of hydrogen-bond donors (Lipinski definition) is 1. The molecule has 0 aliphatic carbocycles. The number of carbonyl (C=O) groups is 1. The average molecular weight is 455 g/mol. The first-order valence-electron chi connectivity index (χ1n) is 11.6. The molecule has 1 fully saturated rings. The number of rotatable bonds is 6. The van der Waals surface area contributed by atoms with Crippen LogP contribution in [0.15, 0.2) is 91.1 Å². The Hall–Kier alpha value is -3.77. The van der Waals surface area contributed by atoms with E-state index in [4.69, 9.17) is 5.10 Å². The van der Waals surface area contributed by atoms with Crippen molar-refractivity contribution in [1.82, 2.24) is 20.0 Å². The number of para-hydroxylation sites is 1. The summed E-state index contributed by atoms with van der Waals surface area (Å²) in [6.07, 6.45) is 3.57. The van der Waals surface area contributed by atoms with Gasteiger partial charge in [0.2, 0.25) is 0 Å². The third-order valence-corrected chi connectivity index (χ3v) is 6.27. The second-order valence-electron chi connectivity index (χ2n) is 8.69. The highest BCUT2D eigenvalue weighted by Gasteiger charge is 2.24. The molecule has 0 radical (unpaired) electrons. The van der Waals surface area contributed by atoms with Gasteiger partial charge in [0.25, 0.3) is 5.91 Å². The lowest BCUT2D eigenvalue weighted by atomic mass is 10.0. The van der Waals surface area contributed by atoms with E-state index in [0.29, 0.717) is 11.3 Å². The van der Waals surface area contributed by atoms with Crippen LogP contribution in [0.3, 0.4) is 0 Å². The molecule has 5 rings (SSSR count). The molecule has 1 aliphatic heterocycles. The topological polar surface area (TPSA) is 50.2 Å². The van der Waals surface area contributed by atoms with Crippen molar-refractivity contribution in [2.45, 2.75) is 25.4 Å². The van der Waals surface area contributed by atoms with Gasteiger partial charge < -0.3 is 5.32 Å². The smallest absolute Gasteiger partial charge is 0.255 e. The van der Waals surface area contributed by atoms with Crippen LogP contribution >= 0.6 is 0 Å². The first-order valence-corrected chi connectivity index (χ1v) is 11.6. The maximum atomic E-state index is 13.3. The van der Waals surface area contributed by atoms with Gasteiger partial charge in [-0.25, -0.2) is 9.07 Å². The zero-order valence-electron chi connectivity index (χ0n) is 18.9. The lowest BCUT2D eigenvalue weighted by Crippen LogP contribution is -2.44. The van der Waals surface area contributed by atoms with E-state index in [-0.39, 0.29) is 17.8 Å². The van der Waals surface area contributed by atoms with Crippen molar-refractivity contribution < 1.29 is 9.18 Å². The predicted molar refractivity (Wildman–Crippen MR) is 131 cm³/mol. The maximum absolute atomic E-state index is 13.3. The summed E-state index contributed by atoms with van der Waals surface area (Å²) in [4.78, 5) is 15.7. The van der Waals surface area contributed by atoms with Crippen LogP contribution in [0.4, 0.5) is 4.39 Å². The molecule has 1 saturated heterocycles.